The van der Waals surface area contributed by atoms with E-state index in [1.807, 2.05) is 0 Å². The minimum atomic E-state index is -5.23. The number of aliphatic hydroxyl groups is 2. The van der Waals surface area contributed by atoms with Crippen molar-refractivity contribution in [3.63, 3.8) is 0 Å². The van der Waals surface area contributed by atoms with E-state index in [1.54, 1.807) is 0 Å². The highest BCUT2D eigenvalue weighted by Gasteiger charge is 2.54. The summed E-state index contributed by atoms with van der Waals surface area (Å²) in [4.78, 5) is 10.8. The SMILES string of the molecule is [B][C@H]1[C@H](F)[C@H](O)[C@@H](CO)N1C(=O)C(F)(F)F. The number of carbonyl (C=O) groups excluding carboxylic acids is 1. The molecular weight excluding hydrogens is 233 g/mol. The fourth-order valence-electron chi connectivity index (χ4n) is 1.58. The third-order valence-electron chi connectivity index (χ3n) is 2.39. The molecule has 1 heterocycles. The van der Waals surface area contributed by atoms with Crippen LogP contribution in [0.3, 0.4) is 0 Å². The molecule has 0 aliphatic carbocycles. The summed E-state index contributed by atoms with van der Waals surface area (Å²) in [6.45, 7) is -1.00. The second kappa shape index (κ2) is 4.21. The lowest BCUT2D eigenvalue weighted by Gasteiger charge is -2.28. The molecule has 0 spiro atoms. The number of halogens is 4. The van der Waals surface area contributed by atoms with Crippen LogP contribution in [0, 0.1) is 0 Å². The molecule has 4 atom stereocenters. The van der Waals surface area contributed by atoms with E-state index in [-0.39, 0.29) is 4.90 Å². The lowest BCUT2D eigenvalue weighted by Crippen LogP contribution is -2.51. The Morgan fingerprint density at radius 2 is 1.94 bits per heavy atom. The number of likely N-dealkylation sites (tertiary alicyclic amines) is 1. The summed E-state index contributed by atoms with van der Waals surface area (Å²) < 4.78 is 49.4. The normalized spacial score (nSPS) is 35.5. The van der Waals surface area contributed by atoms with Gasteiger partial charge in [-0.2, -0.15) is 13.2 Å². The third kappa shape index (κ3) is 2.01. The van der Waals surface area contributed by atoms with E-state index in [4.69, 9.17) is 18.1 Å². The van der Waals surface area contributed by atoms with Crippen molar-refractivity contribution in [2.45, 2.75) is 30.4 Å². The van der Waals surface area contributed by atoms with Crippen molar-refractivity contribution in [1.29, 1.82) is 0 Å². The maximum atomic E-state index is 13.1. The molecule has 2 radical (unpaired) electrons. The molecule has 2 N–H and O–H groups in total. The zero-order chi connectivity index (χ0) is 12.7. The molecule has 0 unspecified atom stereocenters. The predicted octanol–water partition coefficient (Wildman–Crippen LogP) is -1.05. The lowest BCUT2D eigenvalue weighted by atomic mass is 9.92. The van der Waals surface area contributed by atoms with Crippen molar-refractivity contribution in [1.82, 2.24) is 4.90 Å². The molecule has 1 aliphatic rings. The van der Waals surface area contributed by atoms with Crippen LogP contribution in [-0.2, 0) is 4.79 Å². The molecule has 0 aromatic carbocycles. The van der Waals surface area contributed by atoms with E-state index >= 15 is 0 Å². The molecule has 0 aromatic rings. The monoisotopic (exact) mass is 241 g/mol. The molecule has 1 rings (SSSR count). The predicted molar refractivity (Wildman–Crippen MR) is 44.2 cm³/mol. The Morgan fingerprint density at radius 1 is 1.44 bits per heavy atom. The highest BCUT2D eigenvalue weighted by atomic mass is 19.4. The fourth-order valence-corrected chi connectivity index (χ4v) is 1.58. The molecule has 0 aromatic heterocycles. The van der Waals surface area contributed by atoms with Gasteiger partial charge < -0.3 is 15.1 Å². The topological polar surface area (TPSA) is 60.8 Å². The van der Waals surface area contributed by atoms with Crippen LogP contribution in [-0.4, -0.2) is 65.9 Å². The average molecular weight is 241 g/mol. The number of alkyl halides is 4. The smallest absolute Gasteiger partial charge is 0.394 e. The van der Waals surface area contributed by atoms with E-state index in [1.165, 1.54) is 0 Å². The standard InChI is InChI=1S/C7H8BF4NO3/c8-5-3(9)4(15)2(1-14)13(5)6(16)7(10,11)12/h2-5,14-15H,1H2/t2-,3-,4-,5-/m1/s1. The Labute approximate surface area is 89.2 Å². The van der Waals surface area contributed by atoms with Gasteiger partial charge >= 0.3 is 12.1 Å². The van der Waals surface area contributed by atoms with Gasteiger partial charge in [-0.1, -0.05) is 0 Å². The molecule has 1 fully saturated rings. The number of nitrogens with zero attached hydrogens (tertiary/aromatic N) is 1. The van der Waals surface area contributed by atoms with Crippen molar-refractivity contribution in [2.24, 2.45) is 0 Å². The summed E-state index contributed by atoms with van der Waals surface area (Å²) in [6, 6.07) is -1.68. The Kier molecular flexibility index (Phi) is 3.48. The second-order valence-electron chi connectivity index (χ2n) is 3.39. The molecule has 1 saturated heterocycles. The molecule has 9 heteroatoms. The number of aliphatic hydroxyl groups excluding tert-OH is 2. The van der Waals surface area contributed by atoms with Gasteiger partial charge in [0.05, 0.1) is 12.6 Å². The number of hydrogen-bond acceptors (Lipinski definition) is 3. The van der Waals surface area contributed by atoms with Crippen LogP contribution in [0.1, 0.15) is 0 Å². The summed E-state index contributed by atoms with van der Waals surface area (Å²) in [5, 5.41) is 17.9. The second-order valence-corrected chi connectivity index (χ2v) is 3.39. The van der Waals surface area contributed by atoms with Gasteiger partial charge in [0.25, 0.3) is 0 Å². The third-order valence-corrected chi connectivity index (χ3v) is 2.39. The van der Waals surface area contributed by atoms with Crippen LogP contribution in [0.25, 0.3) is 0 Å². The first-order valence-corrected chi connectivity index (χ1v) is 4.30. The zero-order valence-electron chi connectivity index (χ0n) is 7.86. The first-order chi connectivity index (χ1) is 7.21. The van der Waals surface area contributed by atoms with Crippen molar-refractivity contribution in [3.05, 3.63) is 0 Å². The molecule has 16 heavy (non-hydrogen) atoms. The summed E-state index contributed by atoms with van der Waals surface area (Å²) in [6.07, 6.45) is -9.37. The van der Waals surface area contributed by atoms with Crippen molar-refractivity contribution in [3.8, 4) is 0 Å². The van der Waals surface area contributed by atoms with Crippen LogP contribution >= 0.6 is 0 Å². The maximum Gasteiger partial charge on any atom is 0.471 e. The largest absolute Gasteiger partial charge is 0.471 e. The van der Waals surface area contributed by atoms with E-state index in [9.17, 15) is 22.4 Å². The van der Waals surface area contributed by atoms with Crippen LogP contribution in [0.2, 0.25) is 0 Å². The van der Waals surface area contributed by atoms with Crippen molar-refractivity contribution in [2.75, 3.05) is 6.61 Å². The van der Waals surface area contributed by atoms with Crippen molar-refractivity contribution >= 4 is 13.8 Å². The van der Waals surface area contributed by atoms with Gasteiger partial charge in [0.1, 0.15) is 20.1 Å². The highest BCUT2D eigenvalue weighted by Crippen LogP contribution is 2.30. The van der Waals surface area contributed by atoms with Crippen LogP contribution in [0.5, 0.6) is 0 Å². The van der Waals surface area contributed by atoms with E-state index < -0.39 is 42.9 Å². The molecular formula is C7H8BF4NO3. The van der Waals surface area contributed by atoms with E-state index in [0.717, 1.165) is 0 Å². The van der Waals surface area contributed by atoms with Crippen LogP contribution in [0.4, 0.5) is 17.6 Å². The average Bonchev–Trinajstić information content (AvgIpc) is 2.39. The Bertz CT molecular complexity index is 287. The minimum Gasteiger partial charge on any atom is -0.394 e. The minimum absolute atomic E-state index is 0.0741. The van der Waals surface area contributed by atoms with E-state index in [0.29, 0.717) is 0 Å². The highest BCUT2D eigenvalue weighted by molar-refractivity contribution is 6.14. The molecule has 1 aliphatic heterocycles. The number of amides is 1. The van der Waals surface area contributed by atoms with Gasteiger partial charge in [-0.05, 0) is 0 Å². The van der Waals surface area contributed by atoms with E-state index in [2.05, 4.69) is 0 Å². The molecule has 4 nitrogen and oxygen atoms in total. The van der Waals surface area contributed by atoms with Gasteiger partial charge in [0.2, 0.25) is 0 Å². The summed E-state index contributed by atoms with van der Waals surface area (Å²) in [5.74, 6) is -4.29. The number of rotatable bonds is 1. The maximum absolute atomic E-state index is 13.1. The van der Waals surface area contributed by atoms with Gasteiger partial charge in [-0.3, -0.25) is 4.79 Å². The molecule has 1 amide bonds. The summed E-state index contributed by atoms with van der Waals surface area (Å²) in [5.41, 5.74) is 0. The molecule has 0 saturated carbocycles. The van der Waals surface area contributed by atoms with Gasteiger partial charge in [-0.25, -0.2) is 4.39 Å². The van der Waals surface area contributed by atoms with Gasteiger partial charge in [0.15, 0.2) is 0 Å². The van der Waals surface area contributed by atoms with Crippen LogP contribution < -0.4 is 0 Å². The number of carbonyl (C=O) groups is 1. The number of hydrogen-bond donors (Lipinski definition) is 2. The van der Waals surface area contributed by atoms with Gasteiger partial charge in [-0.15, -0.1) is 0 Å². The summed E-state index contributed by atoms with van der Waals surface area (Å²) in [7, 11) is 5.04. The molecule has 90 valence electrons. The quantitative estimate of drug-likeness (QED) is 0.454. The Balaban J connectivity index is 2.98. The van der Waals surface area contributed by atoms with Crippen LogP contribution in [0.15, 0.2) is 0 Å². The zero-order valence-corrected chi connectivity index (χ0v) is 7.86. The Hall–Kier alpha value is -0.825. The lowest BCUT2D eigenvalue weighted by molar-refractivity contribution is -0.188. The first kappa shape index (κ1) is 13.2. The molecule has 0 bridgehead atoms. The summed E-state index contributed by atoms with van der Waals surface area (Å²) >= 11 is 0. The van der Waals surface area contributed by atoms with Gasteiger partial charge in [0, 0.05) is 5.94 Å². The van der Waals surface area contributed by atoms with Crippen molar-refractivity contribution < 1.29 is 32.6 Å². The fraction of sp³-hybridized carbons (Fsp3) is 0.857. The first-order valence-electron chi connectivity index (χ1n) is 4.30. The Morgan fingerprint density at radius 3 is 2.31 bits per heavy atom.